The Morgan fingerprint density at radius 1 is 1.44 bits per heavy atom. The standard InChI is InChI=1S/C5H10FNO.ClH/c6-4-1-3(7)2-5(4)8;/h3-5,8H,1-2,7H2;1H/t3-,4-,5-;/m0./s1. The molecule has 0 unspecified atom stereocenters. The van der Waals surface area contributed by atoms with E-state index in [9.17, 15) is 4.39 Å². The van der Waals surface area contributed by atoms with Crippen LogP contribution in [0.25, 0.3) is 0 Å². The summed E-state index contributed by atoms with van der Waals surface area (Å²) >= 11 is 0. The Labute approximate surface area is 59.6 Å². The molecule has 3 N–H and O–H groups in total. The number of aliphatic hydroxyl groups excluding tert-OH is 1. The monoisotopic (exact) mass is 155 g/mol. The van der Waals surface area contributed by atoms with Crippen LogP contribution in [0.5, 0.6) is 0 Å². The predicted molar refractivity (Wildman–Crippen MR) is 35.4 cm³/mol. The number of hydrogen-bond acceptors (Lipinski definition) is 2. The Hall–Kier alpha value is 0.140. The molecule has 1 aliphatic carbocycles. The second-order valence-electron chi connectivity index (χ2n) is 2.31. The van der Waals surface area contributed by atoms with Gasteiger partial charge in [0.15, 0.2) is 0 Å². The molecule has 1 aliphatic rings. The molecule has 9 heavy (non-hydrogen) atoms. The molecule has 2 nitrogen and oxygen atoms in total. The van der Waals surface area contributed by atoms with Crippen LogP contribution in [-0.4, -0.2) is 23.4 Å². The van der Waals surface area contributed by atoms with Crippen molar-refractivity contribution in [2.45, 2.75) is 31.2 Å². The SMILES string of the molecule is Cl.N[C@@H]1C[C@H](O)[C@@H](F)C1. The highest BCUT2D eigenvalue weighted by atomic mass is 35.5. The third-order valence-corrected chi connectivity index (χ3v) is 1.49. The van der Waals surface area contributed by atoms with Gasteiger partial charge in [-0.25, -0.2) is 4.39 Å². The highest BCUT2D eigenvalue weighted by Gasteiger charge is 2.30. The second kappa shape index (κ2) is 3.34. The molecule has 0 aromatic heterocycles. The minimum atomic E-state index is -1.08. The lowest BCUT2D eigenvalue weighted by atomic mass is 10.3. The van der Waals surface area contributed by atoms with Crippen LogP contribution in [0, 0.1) is 0 Å². The fourth-order valence-electron chi connectivity index (χ4n) is 1.00. The quantitative estimate of drug-likeness (QED) is 0.526. The number of nitrogens with two attached hydrogens (primary N) is 1. The van der Waals surface area contributed by atoms with E-state index < -0.39 is 12.3 Å². The van der Waals surface area contributed by atoms with E-state index in [0.717, 1.165) is 0 Å². The van der Waals surface area contributed by atoms with Crippen molar-refractivity contribution < 1.29 is 9.50 Å². The summed E-state index contributed by atoms with van der Waals surface area (Å²) in [5.41, 5.74) is 5.32. The number of aliphatic hydroxyl groups is 1. The number of hydrogen-bond donors (Lipinski definition) is 2. The van der Waals surface area contributed by atoms with Crippen molar-refractivity contribution in [3.8, 4) is 0 Å². The van der Waals surface area contributed by atoms with Crippen molar-refractivity contribution in [3.63, 3.8) is 0 Å². The molecule has 1 fully saturated rings. The fraction of sp³-hybridized carbons (Fsp3) is 1.00. The molecular weight excluding hydrogens is 145 g/mol. The zero-order chi connectivity index (χ0) is 6.15. The molecule has 0 aromatic rings. The summed E-state index contributed by atoms with van der Waals surface area (Å²) in [7, 11) is 0. The molecule has 56 valence electrons. The molecule has 4 heteroatoms. The average molecular weight is 156 g/mol. The van der Waals surface area contributed by atoms with Gasteiger partial charge in [0.05, 0.1) is 6.10 Å². The summed E-state index contributed by atoms with van der Waals surface area (Å²) in [6.45, 7) is 0. The number of rotatable bonds is 0. The zero-order valence-corrected chi connectivity index (χ0v) is 5.77. The zero-order valence-electron chi connectivity index (χ0n) is 4.96. The van der Waals surface area contributed by atoms with Gasteiger partial charge in [0.25, 0.3) is 0 Å². The first kappa shape index (κ1) is 9.14. The van der Waals surface area contributed by atoms with Gasteiger partial charge in [0, 0.05) is 6.04 Å². The summed E-state index contributed by atoms with van der Waals surface area (Å²) in [4.78, 5) is 0. The van der Waals surface area contributed by atoms with Crippen molar-refractivity contribution in [2.24, 2.45) is 5.73 Å². The molecule has 1 saturated carbocycles. The van der Waals surface area contributed by atoms with Crippen LogP contribution in [0.15, 0.2) is 0 Å². The lowest BCUT2D eigenvalue weighted by molar-refractivity contribution is 0.103. The van der Waals surface area contributed by atoms with Gasteiger partial charge in [0.1, 0.15) is 6.17 Å². The smallest absolute Gasteiger partial charge is 0.127 e. The first-order valence-electron chi connectivity index (χ1n) is 2.78. The van der Waals surface area contributed by atoms with Gasteiger partial charge in [-0.05, 0) is 12.8 Å². The van der Waals surface area contributed by atoms with Gasteiger partial charge < -0.3 is 10.8 Å². The fourth-order valence-corrected chi connectivity index (χ4v) is 1.00. The van der Waals surface area contributed by atoms with Crippen LogP contribution in [-0.2, 0) is 0 Å². The summed E-state index contributed by atoms with van der Waals surface area (Å²) in [5.74, 6) is 0. The van der Waals surface area contributed by atoms with Crippen molar-refractivity contribution in [1.29, 1.82) is 0 Å². The topological polar surface area (TPSA) is 46.2 Å². The lowest BCUT2D eigenvalue weighted by Gasteiger charge is -1.99. The minimum absolute atomic E-state index is 0. The molecule has 1 rings (SSSR count). The lowest BCUT2D eigenvalue weighted by Crippen LogP contribution is -2.15. The van der Waals surface area contributed by atoms with Crippen LogP contribution in [0.1, 0.15) is 12.8 Å². The van der Waals surface area contributed by atoms with Gasteiger partial charge in [0.2, 0.25) is 0 Å². The van der Waals surface area contributed by atoms with Gasteiger partial charge >= 0.3 is 0 Å². The third-order valence-electron chi connectivity index (χ3n) is 1.49. The molecule has 0 radical (unpaired) electrons. The van der Waals surface area contributed by atoms with Crippen LogP contribution in [0.2, 0.25) is 0 Å². The maximum atomic E-state index is 12.2. The van der Waals surface area contributed by atoms with E-state index in [2.05, 4.69) is 0 Å². The van der Waals surface area contributed by atoms with Crippen LogP contribution in [0.4, 0.5) is 4.39 Å². The van der Waals surface area contributed by atoms with Gasteiger partial charge in [-0.2, -0.15) is 0 Å². The molecular formula is C5H11ClFNO. The Balaban J connectivity index is 0.000000640. The van der Waals surface area contributed by atoms with E-state index in [1.165, 1.54) is 0 Å². The number of halogens is 2. The molecule has 0 aromatic carbocycles. The maximum absolute atomic E-state index is 12.2. The molecule has 0 spiro atoms. The highest BCUT2D eigenvalue weighted by Crippen LogP contribution is 2.20. The summed E-state index contributed by atoms with van der Waals surface area (Å²) in [5, 5.41) is 8.71. The molecule has 0 amide bonds. The molecule has 3 atom stereocenters. The molecule has 0 saturated heterocycles. The predicted octanol–water partition coefficient (Wildman–Crippen LogP) is 0.228. The summed E-state index contributed by atoms with van der Waals surface area (Å²) in [6, 6.07) is -0.125. The Morgan fingerprint density at radius 2 is 2.00 bits per heavy atom. The van der Waals surface area contributed by atoms with Gasteiger partial charge in [-0.1, -0.05) is 0 Å². The first-order valence-corrected chi connectivity index (χ1v) is 2.78. The van der Waals surface area contributed by atoms with Crippen LogP contribution >= 0.6 is 12.4 Å². The van der Waals surface area contributed by atoms with Crippen LogP contribution in [0.3, 0.4) is 0 Å². The maximum Gasteiger partial charge on any atom is 0.127 e. The highest BCUT2D eigenvalue weighted by molar-refractivity contribution is 5.85. The van der Waals surface area contributed by atoms with E-state index >= 15 is 0 Å². The Bertz CT molecular complexity index is 83.0. The van der Waals surface area contributed by atoms with Crippen LogP contribution < -0.4 is 5.73 Å². The Kier molecular flexibility index (Phi) is 3.40. The first-order chi connectivity index (χ1) is 3.70. The minimum Gasteiger partial charge on any atom is -0.390 e. The van der Waals surface area contributed by atoms with E-state index in [4.69, 9.17) is 10.8 Å². The van der Waals surface area contributed by atoms with Gasteiger partial charge in [-0.3, -0.25) is 0 Å². The number of alkyl halides is 1. The largest absolute Gasteiger partial charge is 0.390 e. The van der Waals surface area contributed by atoms with Crippen molar-refractivity contribution >= 4 is 12.4 Å². The van der Waals surface area contributed by atoms with E-state index in [1.807, 2.05) is 0 Å². The van der Waals surface area contributed by atoms with Crippen molar-refractivity contribution in [2.75, 3.05) is 0 Å². The van der Waals surface area contributed by atoms with Gasteiger partial charge in [-0.15, -0.1) is 12.4 Å². The molecule has 0 heterocycles. The summed E-state index contributed by atoms with van der Waals surface area (Å²) < 4.78 is 12.2. The van der Waals surface area contributed by atoms with Crippen molar-refractivity contribution in [3.05, 3.63) is 0 Å². The normalized spacial score (nSPS) is 42.3. The van der Waals surface area contributed by atoms with Crippen molar-refractivity contribution in [1.82, 2.24) is 0 Å². The third kappa shape index (κ3) is 2.08. The van der Waals surface area contributed by atoms with E-state index in [-0.39, 0.29) is 18.4 Å². The summed E-state index contributed by atoms with van der Waals surface area (Å²) in [6.07, 6.45) is -1.14. The van der Waals surface area contributed by atoms with E-state index in [1.54, 1.807) is 0 Å². The molecule has 0 aliphatic heterocycles. The average Bonchev–Trinajstić information content (AvgIpc) is 1.85. The second-order valence-corrected chi connectivity index (χ2v) is 2.31. The van der Waals surface area contributed by atoms with E-state index in [0.29, 0.717) is 12.8 Å². The molecule has 0 bridgehead atoms. The Morgan fingerprint density at radius 3 is 2.11 bits per heavy atom.